The molecule has 1 aromatic carbocycles. The number of nitrogens with one attached hydrogen (secondary N) is 1. The van der Waals surface area contributed by atoms with Gasteiger partial charge in [-0.25, -0.2) is 0 Å². The molecule has 0 aliphatic carbocycles. The smallest absolute Gasteiger partial charge is 0.277 e. The van der Waals surface area contributed by atoms with Crippen LogP contribution in [0.2, 0.25) is 0 Å². The van der Waals surface area contributed by atoms with Crippen molar-refractivity contribution in [2.24, 2.45) is 0 Å². The monoisotopic (exact) mass is 376 g/mol. The highest BCUT2D eigenvalue weighted by Gasteiger charge is 2.13. The number of hydrogen-bond donors (Lipinski definition) is 2. The van der Waals surface area contributed by atoms with Crippen molar-refractivity contribution in [2.75, 3.05) is 11.1 Å². The van der Waals surface area contributed by atoms with E-state index in [0.717, 1.165) is 16.0 Å². The summed E-state index contributed by atoms with van der Waals surface area (Å²) >= 11 is 7.76. The van der Waals surface area contributed by atoms with Crippen LogP contribution >= 0.6 is 43.4 Å². The van der Waals surface area contributed by atoms with Crippen LogP contribution in [0.3, 0.4) is 0 Å². The highest BCUT2D eigenvalue weighted by Crippen LogP contribution is 2.32. The van der Waals surface area contributed by atoms with Crippen LogP contribution in [-0.4, -0.2) is 15.5 Å². The van der Waals surface area contributed by atoms with Gasteiger partial charge < -0.3 is 11.1 Å². The maximum atomic E-state index is 11.8. The third-order valence-electron chi connectivity index (χ3n) is 1.92. The lowest BCUT2D eigenvalue weighted by Gasteiger charge is -2.09. The van der Waals surface area contributed by atoms with Gasteiger partial charge in [0.15, 0.2) is 5.69 Å². The quantitative estimate of drug-likeness (QED) is 0.788. The van der Waals surface area contributed by atoms with E-state index in [0.29, 0.717) is 15.8 Å². The molecule has 2 rings (SSSR count). The third kappa shape index (κ3) is 2.82. The van der Waals surface area contributed by atoms with Crippen LogP contribution in [0.15, 0.2) is 26.5 Å². The molecule has 0 aliphatic heterocycles. The molecule has 0 atom stereocenters. The fourth-order valence-electron chi connectivity index (χ4n) is 1.17. The minimum atomic E-state index is -0.339. The molecule has 0 bridgehead atoms. The number of carbonyl (C=O) groups is 1. The van der Waals surface area contributed by atoms with Crippen LogP contribution in [-0.2, 0) is 0 Å². The summed E-state index contributed by atoms with van der Waals surface area (Å²) in [4.78, 5) is 11.8. The van der Waals surface area contributed by atoms with Crippen molar-refractivity contribution in [3.05, 3.63) is 32.2 Å². The van der Waals surface area contributed by atoms with E-state index in [1.807, 2.05) is 0 Å². The maximum Gasteiger partial charge on any atom is 0.277 e. The van der Waals surface area contributed by atoms with Crippen molar-refractivity contribution < 1.29 is 4.79 Å². The number of rotatable bonds is 2. The Kier molecular flexibility index (Phi) is 3.75. The van der Waals surface area contributed by atoms with E-state index in [4.69, 9.17) is 5.73 Å². The molecule has 3 N–H and O–H groups in total. The van der Waals surface area contributed by atoms with Gasteiger partial charge in [0.05, 0.1) is 11.4 Å². The van der Waals surface area contributed by atoms with Gasteiger partial charge in [-0.05, 0) is 39.6 Å². The Hall–Kier alpha value is -0.990. The maximum absolute atomic E-state index is 11.8. The summed E-state index contributed by atoms with van der Waals surface area (Å²) in [5, 5.41) is 7.93. The Morgan fingerprint density at radius 1 is 1.41 bits per heavy atom. The lowest BCUT2D eigenvalue weighted by Crippen LogP contribution is -2.14. The number of hydrogen-bond acceptors (Lipinski definition) is 5. The number of nitrogens with zero attached hydrogens (tertiary/aromatic N) is 2. The lowest BCUT2D eigenvalue weighted by molar-refractivity contribution is 0.102. The molecule has 88 valence electrons. The number of nitrogen functional groups attached to an aromatic ring is 1. The average Bonchev–Trinajstić information content (AvgIpc) is 2.76. The van der Waals surface area contributed by atoms with E-state index >= 15 is 0 Å². The van der Waals surface area contributed by atoms with E-state index < -0.39 is 0 Å². The molecule has 0 aliphatic rings. The van der Waals surface area contributed by atoms with Gasteiger partial charge >= 0.3 is 0 Å². The summed E-state index contributed by atoms with van der Waals surface area (Å²) in [7, 11) is 0. The molecule has 1 heterocycles. The molecular weight excluding hydrogens is 372 g/mol. The van der Waals surface area contributed by atoms with Crippen LogP contribution < -0.4 is 11.1 Å². The third-order valence-corrected chi connectivity index (χ3v) is 3.50. The van der Waals surface area contributed by atoms with Crippen LogP contribution in [0.4, 0.5) is 11.4 Å². The van der Waals surface area contributed by atoms with E-state index in [2.05, 4.69) is 46.8 Å². The standard InChI is InChI=1S/C9H6Br2N4OS/c10-4-1-5(11)8(6(12)2-4)13-9(16)7-3-17-15-14-7/h1-3H,12H2,(H,13,16). The van der Waals surface area contributed by atoms with E-state index in [-0.39, 0.29) is 11.6 Å². The number of halogens is 2. The Morgan fingerprint density at radius 2 is 2.18 bits per heavy atom. The molecule has 8 heteroatoms. The number of benzene rings is 1. The van der Waals surface area contributed by atoms with Crippen LogP contribution in [0, 0.1) is 0 Å². The highest BCUT2D eigenvalue weighted by molar-refractivity contribution is 9.11. The zero-order valence-corrected chi connectivity index (χ0v) is 12.3. The number of amides is 1. The van der Waals surface area contributed by atoms with Gasteiger partial charge in [-0.15, -0.1) is 5.10 Å². The van der Waals surface area contributed by atoms with Gasteiger partial charge in [0.1, 0.15) is 0 Å². The van der Waals surface area contributed by atoms with Crippen molar-refractivity contribution in [3.8, 4) is 0 Å². The van der Waals surface area contributed by atoms with Crippen molar-refractivity contribution in [3.63, 3.8) is 0 Å². The Morgan fingerprint density at radius 3 is 2.76 bits per heavy atom. The van der Waals surface area contributed by atoms with Crippen LogP contribution in [0.1, 0.15) is 10.5 Å². The first-order valence-electron chi connectivity index (χ1n) is 4.41. The largest absolute Gasteiger partial charge is 0.397 e. The second-order valence-electron chi connectivity index (χ2n) is 3.10. The number of carbonyl (C=O) groups excluding carboxylic acids is 1. The molecule has 1 aromatic heterocycles. The molecule has 1 amide bonds. The number of aromatic nitrogens is 2. The second-order valence-corrected chi connectivity index (χ2v) is 5.48. The predicted molar refractivity (Wildman–Crippen MR) is 74.1 cm³/mol. The van der Waals surface area contributed by atoms with Crippen LogP contribution in [0.5, 0.6) is 0 Å². The van der Waals surface area contributed by atoms with Crippen molar-refractivity contribution in [1.82, 2.24) is 9.59 Å². The fraction of sp³-hybridized carbons (Fsp3) is 0. The summed E-state index contributed by atoms with van der Waals surface area (Å²) in [6, 6.07) is 3.50. The Balaban J connectivity index is 2.28. The van der Waals surface area contributed by atoms with Gasteiger partial charge in [-0.3, -0.25) is 4.79 Å². The highest BCUT2D eigenvalue weighted by atomic mass is 79.9. The van der Waals surface area contributed by atoms with Gasteiger partial charge in [0.25, 0.3) is 5.91 Å². The van der Waals surface area contributed by atoms with Crippen molar-refractivity contribution in [2.45, 2.75) is 0 Å². The molecule has 0 saturated heterocycles. The Bertz CT molecular complexity index is 535. The average molecular weight is 378 g/mol. The molecular formula is C9H6Br2N4OS. The minimum Gasteiger partial charge on any atom is -0.397 e. The summed E-state index contributed by atoms with van der Waals surface area (Å²) < 4.78 is 5.15. The summed E-state index contributed by atoms with van der Waals surface area (Å²) in [6.07, 6.45) is 0. The van der Waals surface area contributed by atoms with Gasteiger partial charge in [-0.1, -0.05) is 20.4 Å². The molecule has 0 radical (unpaired) electrons. The molecule has 0 spiro atoms. The first-order chi connectivity index (χ1) is 8.08. The molecule has 17 heavy (non-hydrogen) atoms. The van der Waals surface area contributed by atoms with Gasteiger partial charge in [0.2, 0.25) is 0 Å². The lowest BCUT2D eigenvalue weighted by atomic mass is 10.2. The summed E-state index contributed by atoms with van der Waals surface area (Å²) in [5.74, 6) is -0.339. The SMILES string of the molecule is Nc1cc(Br)cc(Br)c1NC(=O)c1csnn1. The van der Waals surface area contributed by atoms with E-state index in [1.165, 1.54) is 0 Å². The molecule has 0 fully saturated rings. The second kappa shape index (κ2) is 5.11. The molecule has 0 unspecified atom stereocenters. The first-order valence-corrected chi connectivity index (χ1v) is 6.83. The first kappa shape index (κ1) is 12.5. The van der Waals surface area contributed by atoms with Crippen molar-refractivity contribution in [1.29, 1.82) is 0 Å². The molecule has 2 aromatic rings. The van der Waals surface area contributed by atoms with Crippen LogP contribution in [0.25, 0.3) is 0 Å². The Labute approximate surface area is 118 Å². The molecule has 0 saturated carbocycles. The fourth-order valence-corrected chi connectivity index (χ4v) is 2.96. The van der Waals surface area contributed by atoms with Crippen molar-refractivity contribution >= 4 is 60.7 Å². The van der Waals surface area contributed by atoms with E-state index in [1.54, 1.807) is 17.5 Å². The van der Waals surface area contributed by atoms with Gasteiger partial charge in [0, 0.05) is 14.3 Å². The van der Waals surface area contributed by atoms with E-state index in [9.17, 15) is 4.79 Å². The number of anilines is 2. The summed E-state index contributed by atoms with van der Waals surface area (Å²) in [5.41, 5.74) is 7.06. The predicted octanol–water partition coefficient (Wildman–Crippen LogP) is 2.90. The summed E-state index contributed by atoms with van der Waals surface area (Å²) in [6.45, 7) is 0. The zero-order valence-electron chi connectivity index (χ0n) is 8.28. The topological polar surface area (TPSA) is 80.9 Å². The normalized spacial score (nSPS) is 10.2. The molecule has 5 nitrogen and oxygen atoms in total. The minimum absolute atomic E-state index is 0.268. The number of nitrogens with two attached hydrogens (primary N) is 1. The zero-order chi connectivity index (χ0) is 12.4. The van der Waals surface area contributed by atoms with Gasteiger partial charge in [-0.2, -0.15) is 0 Å².